The molecule has 0 aliphatic heterocycles. The van der Waals surface area contributed by atoms with Crippen LogP contribution in [-0.2, 0) is 0 Å². The van der Waals surface area contributed by atoms with E-state index in [4.69, 9.17) is 5.73 Å². The molecule has 2 N–H and O–H groups in total. The largest absolute Gasteiger partial charge is 0.435 e. The number of nitrogens with two attached hydrogens (primary N) is 1. The minimum Gasteiger partial charge on any atom is -0.435 e. The minimum absolute atomic E-state index is 0.265. The Morgan fingerprint density at radius 2 is 1.93 bits per heavy atom. The van der Waals surface area contributed by atoms with E-state index in [1.807, 2.05) is 0 Å². The molecule has 1 aromatic rings. The van der Waals surface area contributed by atoms with Crippen LogP contribution in [0.5, 0.6) is 5.75 Å². The van der Waals surface area contributed by atoms with Crippen LogP contribution in [0.2, 0.25) is 0 Å². The van der Waals surface area contributed by atoms with Crippen LogP contribution in [0.1, 0.15) is 11.7 Å². The zero-order chi connectivity index (χ0) is 11.4. The van der Waals surface area contributed by atoms with Crippen LogP contribution in [0.15, 0.2) is 18.2 Å². The Morgan fingerprint density at radius 1 is 1.27 bits per heavy atom. The summed E-state index contributed by atoms with van der Waals surface area (Å²) < 4.78 is 53.5. The minimum atomic E-state index is -3.04. The number of alkyl halides is 3. The van der Waals surface area contributed by atoms with Gasteiger partial charge in [-0.25, -0.2) is 8.78 Å². The lowest BCUT2D eigenvalue weighted by Gasteiger charge is -2.09. The maximum absolute atomic E-state index is 13.1. The highest BCUT2D eigenvalue weighted by Gasteiger charge is 2.14. The van der Waals surface area contributed by atoms with Crippen molar-refractivity contribution in [2.75, 3.05) is 6.54 Å². The predicted molar refractivity (Wildman–Crippen MR) is 45.9 cm³/mol. The molecular weight excluding hydrogens is 214 g/mol. The van der Waals surface area contributed by atoms with E-state index in [2.05, 4.69) is 4.74 Å². The van der Waals surface area contributed by atoms with Gasteiger partial charge in [0.2, 0.25) is 0 Å². The number of hydrogen-bond donors (Lipinski definition) is 1. The van der Waals surface area contributed by atoms with Gasteiger partial charge in [0.25, 0.3) is 0 Å². The average Bonchev–Trinajstić information content (AvgIpc) is 2.16. The van der Waals surface area contributed by atoms with Crippen LogP contribution >= 0.6 is 0 Å². The molecule has 0 amide bonds. The number of ether oxygens (including phenoxy) is 1. The van der Waals surface area contributed by atoms with Crippen LogP contribution in [0.3, 0.4) is 0 Å². The second-order valence-electron chi connectivity index (χ2n) is 2.77. The highest BCUT2D eigenvalue weighted by Crippen LogP contribution is 2.24. The van der Waals surface area contributed by atoms with E-state index in [0.717, 1.165) is 12.1 Å². The second-order valence-corrected chi connectivity index (χ2v) is 2.77. The Hall–Kier alpha value is -1.30. The van der Waals surface area contributed by atoms with Crippen molar-refractivity contribution in [3.63, 3.8) is 0 Å². The summed E-state index contributed by atoms with van der Waals surface area (Å²) in [6.07, 6.45) is -1.65. The standard InChI is InChI=1S/C9H9F4NO/c10-7-3-5(15-9(12)13)1-2-6(7)8(11)4-14/h1-3,8-9H,4,14H2. The number of halogens is 4. The highest BCUT2D eigenvalue weighted by atomic mass is 19.3. The van der Waals surface area contributed by atoms with Crippen molar-refractivity contribution in [1.29, 1.82) is 0 Å². The first kappa shape index (κ1) is 11.8. The third-order valence-electron chi connectivity index (χ3n) is 1.74. The molecule has 1 unspecified atom stereocenters. The predicted octanol–water partition coefficient (Wildman–Crippen LogP) is 2.40. The molecular formula is C9H9F4NO. The second kappa shape index (κ2) is 4.97. The summed E-state index contributed by atoms with van der Waals surface area (Å²) in [5.74, 6) is -1.30. The van der Waals surface area contributed by atoms with E-state index in [0.29, 0.717) is 6.07 Å². The topological polar surface area (TPSA) is 35.2 Å². The van der Waals surface area contributed by atoms with E-state index in [1.54, 1.807) is 0 Å². The SMILES string of the molecule is NCC(F)c1ccc(OC(F)F)cc1F. The van der Waals surface area contributed by atoms with Gasteiger partial charge in [-0.15, -0.1) is 0 Å². The molecule has 0 heterocycles. The van der Waals surface area contributed by atoms with Gasteiger partial charge >= 0.3 is 6.61 Å². The van der Waals surface area contributed by atoms with Crippen LogP contribution in [0, 0.1) is 5.82 Å². The summed E-state index contributed by atoms with van der Waals surface area (Å²) in [5, 5.41) is 0. The van der Waals surface area contributed by atoms with Crippen molar-refractivity contribution in [3.05, 3.63) is 29.6 Å². The fourth-order valence-electron chi connectivity index (χ4n) is 1.07. The fourth-order valence-corrected chi connectivity index (χ4v) is 1.07. The first-order valence-electron chi connectivity index (χ1n) is 4.13. The molecule has 1 rings (SSSR count). The van der Waals surface area contributed by atoms with Gasteiger partial charge in [-0.3, -0.25) is 0 Å². The van der Waals surface area contributed by atoms with Crippen molar-refractivity contribution >= 4 is 0 Å². The molecule has 0 saturated heterocycles. The summed E-state index contributed by atoms with van der Waals surface area (Å²) in [6.45, 7) is -3.41. The fraction of sp³-hybridized carbons (Fsp3) is 0.333. The number of hydrogen-bond acceptors (Lipinski definition) is 2. The molecule has 6 heteroatoms. The first-order chi connectivity index (χ1) is 7.04. The van der Waals surface area contributed by atoms with Gasteiger partial charge < -0.3 is 10.5 Å². The molecule has 0 fully saturated rings. The Kier molecular flexibility index (Phi) is 3.90. The molecule has 0 aliphatic rings. The molecule has 1 atom stereocenters. The molecule has 0 bridgehead atoms. The Balaban J connectivity index is 2.88. The normalized spacial score (nSPS) is 12.9. The quantitative estimate of drug-likeness (QED) is 0.795. The van der Waals surface area contributed by atoms with Crippen molar-refractivity contribution in [3.8, 4) is 5.75 Å². The molecule has 0 radical (unpaired) electrons. The monoisotopic (exact) mass is 223 g/mol. The summed E-state index contributed by atoms with van der Waals surface area (Å²) >= 11 is 0. The lowest BCUT2D eigenvalue weighted by Crippen LogP contribution is -2.10. The Labute approximate surface area is 83.6 Å². The molecule has 84 valence electrons. The van der Waals surface area contributed by atoms with Crippen molar-refractivity contribution in [1.82, 2.24) is 0 Å². The lowest BCUT2D eigenvalue weighted by molar-refractivity contribution is -0.0500. The molecule has 0 spiro atoms. The maximum atomic E-state index is 13.1. The van der Waals surface area contributed by atoms with Crippen LogP contribution in [0.25, 0.3) is 0 Å². The lowest BCUT2D eigenvalue weighted by atomic mass is 10.1. The third kappa shape index (κ3) is 3.09. The van der Waals surface area contributed by atoms with Gasteiger partial charge in [0.1, 0.15) is 17.7 Å². The first-order valence-corrected chi connectivity index (χ1v) is 4.13. The third-order valence-corrected chi connectivity index (χ3v) is 1.74. The molecule has 15 heavy (non-hydrogen) atoms. The summed E-state index contributed by atoms with van der Waals surface area (Å²) in [5.41, 5.74) is 4.73. The van der Waals surface area contributed by atoms with Gasteiger partial charge in [-0.1, -0.05) is 0 Å². The Bertz CT molecular complexity index is 332. The van der Waals surface area contributed by atoms with Gasteiger partial charge in [0.15, 0.2) is 0 Å². The summed E-state index contributed by atoms with van der Waals surface area (Å²) in [7, 11) is 0. The van der Waals surface area contributed by atoms with Gasteiger partial charge in [-0.2, -0.15) is 8.78 Å². The van der Waals surface area contributed by atoms with Crippen LogP contribution < -0.4 is 10.5 Å². The van der Waals surface area contributed by atoms with E-state index in [1.165, 1.54) is 0 Å². The van der Waals surface area contributed by atoms with Crippen LogP contribution in [0.4, 0.5) is 17.6 Å². The van der Waals surface area contributed by atoms with Crippen molar-refractivity contribution in [2.45, 2.75) is 12.8 Å². The van der Waals surface area contributed by atoms with E-state index >= 15 is 0 Å². The van der Waals surface area contributed by atoms with E-state index < -0.39 is 18.6 Å². The van der Waals surface area contributed by atoms with E-state index in [-0.39, 0.29) is 17.9 Å². The smallest absolute Gasteiger partial charge is 0.387 e. The van der Waals surface area contributed by atoms with Gasteiger partial charge in [0.05, 0.1) is 0 Å². The average molecular weight is 223 g/mol. The van der Waals surface area contributed by atoms with E-state index in [9.17, 15) is 17.6 Å². The highest BCUT2D eigenvalue weighted by molar-refractivity contribution is 5.30. The zero-order valence-corrected chi connectivity index (χ0v) is 7.59. The van der Waals surface area contributed by atoms with Crippen molar-refractivity contribution < 1.29 is 22.3 Å². The molecule has 0 aliphatic carbocycles. The van der Waals surface area contributed by atoms with Crippen molar-refractivity contribution in [2.24, 2.45) is 5.73 Å². The summed E-state index contributed by atoms with van der Waals surface area (Å²) in [6, 6.07) is 2.79. The Morgan fingerprint density at radius 3 is 2.40 bits per heavy atom. The molecule has 2 nitrogen and oxygen atoms in total. The molecule has 1 aromatic carbocycles. The number of rotatable bonds is 4. The molecule has 0 saturated carbocycles. The molecule has 0 aromatic heterocycles. The zero-order valence-electron chi connectivity index (χ0n) is 7.59. The number of benzene rings is 1. The van der Waals surface area contributed by atoms with Crippen LogP contribution in [-0.4, -0.2) is 13.2 Å². The van der Waals surface area contributed by atoms with Gasteiger partial charge in [0, 0.05) is 18.2 Å². The van der Waals surface area contributed by atoms with Gasteiger partial charge in [-0.05, 0) is 12.1 Å². The summed E-state index contributed by atoms with van der Waals surface area (Å²) in [4.78, 5) is 0. The maximum Gasteiger partial charge on any atom is 0.387 e.